The minimum atomic E-state index is 0.731. The molecule has 0 fully saturated rings. The molecule has 35 heavy (non-hydrogen) atoms. The van der Waals surface area contributed by atoms with Gasteiger partial charge in [0, 0.05) is 0 Å². The van der Waals surface area contributed by atoms with Crippen LogP contribution in [-0.2, 0) is 0 Å². The smallest absolute Gasteiger partial charge is 0.119 e. The molecule has 196 valence electrons. The van der Waals surface area contributed by atoms with Gasteiger partial charge < -0.3 is 9.47 Å². The third kappa shape index (κ3) is 13.6. The number of unbranched alkanes of at least 4 members (excludes halogenated alkanes) is 8. The zero-order chi connectivity index (χ0) is 25.1. The van der Waals surface area contributed by atoms with Crippen LogP contribution in [0.5, 0.6) is 11.5 Å². The van der Waals surface area contributed by atoms with Crippen LogP contribution in [0.15, 0.2) is 48.5 Å². The van der Waals surface area contributed by atoms with E-state index >= 15 is 0 Å². The van der Waals surface area contributed by atoms with Crippen molar-refractivity contribution in [1.29, 1.82) is 0 Å². The van der Waals surface area contributed by atoms with E-state index in [0.29, 0.717) is 0 Å². The fraction of sp³-hybridized carbons (Fsp3) is 0.636. The van der Waals surface area contributed by atoms with Crippen molar-refractivity contribution < 1.29 is 9.47 Å². The lowest BCUT2D eigenvalue weighted by Crippen LogP contribution is -2.04. The summed E-state index contributed by atoms with van der Waals surface area (Å²) in [4.78, 5) is 0. The molecule has 0 bridgehead atoms. The number of rotatable bonds is 20. The number of hydrogen-bond donors (Lipinski definition) is 0. The molecule has 0 amide bonds. The lowest BCUT2D eigenvalue weighted by molar-refractivity contribution is 0.276. The molecule has 1 atom stereocenters. The summed E-state index contributed by atoms with van der Waals surface area (Å²) in [6.45, 7) is 10.8. The second-order valence-electron chi connectivity index (χ2n) is 10.8. The molecule has 1 unspecified atom stereocenters. The van der Waals surface area contributed by atoms with E-state index in [1.807, 2.05) is 0 Å². The molecular weight excluding hydrogens is 428 g/mol. The summed E-state index contributed by atoms with van der Waals surface area (Å²) >= 11 is 0. The Balaban J connectivity index is 1.60. The van der Waals surface area contributed by atoms with E-state index < -0.39 is 0 Å². The average molecular weight is 481 g/mol. The van der Waals surface area contributed by atoms with Crippen LogP contribution in [0.2, 0.25) is 0 Å². The SMILES string of the molecule is CCCCCCCCCCCOc1ccc(-c2ccc(OCCC(C)CCCC(C)C)cc2)cc1. The lowest BCUT2D eigenvalue weighted by Gasteiger charge is -2.13. The Bertz CT molecular complexity index is 748. The fourth-order valence-corrected chi connectivity index (χ4v) is 4.49. The Labute approximate surface area is 216 Å². The summed E-state index contributed by atoms with van der Waals surface area (Å²) < 4.78 is 12.0. The predicted octanol–water partition coefficient (Wildman–Crippen LogP) is 10.5. The van der Waals surface area contributed by atoms with Gasteiger partial charge in [-0.2, -0.15) is 0 Å². The van der Waals surface area contributed by atoms with Gasteiger partial charge in [0.2, 0.25) is 0 Å². The molecule has 0 aliphatic rings. The highest BCUT2D eigenvalue weighted by Gasteiger charge is 2.05. The molecule has 2 heteroatoms. The molecule has 0 heterocycles. The van der Waals surface area contributed by atoms with E-state index in [9.17, 15) is 0 Å². The van der Waals surface area contributed by atoms with Gasteiger partial charge in [-0.15, -0.1) is 0 Å². The van der Waals surface area contributed by atoms with E-state index in [0.717, 1.165) is 49.4 Å². The van der Waals surface area contributed by atoms with Crippen molar-refractivity contribution in [3.8, 4) is 22.6 Å². The van der Waals surface area contributed by atoms with Crippen molar-refractivity contribution in [1.82, 2.24) is 0 Å². The quantitative estimate of drug-likeness (QED) is 0.175. The zero-order valence-corrected chi connectivity index (χ0v) is 23.2. The van der Waals surface area contributed by atoms with Gasteiger partial charge in [0.1, 0.15) is 11.5 Å². The van der Waals surface area contributed by atoms with E-state index in [1.165, 1.54) is 81.8 Å². The maximum atomic E-state index is 6.00. The second kappa shape index (κ2) is 18.3. The Morgan fingerprint density at radius 3 is 1.51 bits per heavy atom. The van der Waals surface area contributed by atoms with Crippen molar-refractivity contribution >= 4 is 0 Å². The largest absolute Gasteiger partial charge is 0.494 e. The van der Waals surface area contributed by atoms with Crippen molar-refractivity contribution in [3.63, 3.8) is 0 Å². The molecule has 2 nitrogen and oxygen atoms in total. The fourth-order valence-electron chi connectivity index (χ4n) is 4.49. The van der Waals surface area contributed by atoms with Crippen LogP contribution in [-0.4, -0.2) is 13.2 Å². The first-order valence-electron chi connectivity index (χ1n) is 14.5. The molecule has 2 aromatic rings. The van der Waals surface area contributed by atoms with Gasteiger partial charge in [0.25, 0.3) is 0 Å². The van der Waals surface area contributed by atoms with Crippen LogP contribution in [0.1, 0.15) is 111 Å². The van der Waals surface area contributed by atoms with Crippen LogP contribution in [0.25, 0.3) is 11.1 Å². The highest BCUT2D eigenvalue weighted by Crippen LogP contribution is 2.25. The maximum absolute atomic E-state index is 6.00. The monoisotopic (exact) mass is 480 g/mol. The Hall–Kier alpha value is -1.96. The summed E-state index contributed by atoms with van der Waals surface area (Å²) in [5.41, 5.74) is 2.43. The molecule has 2 aromatic carbocycles. The van der Waals surface area contributed by atoms with Crippen molar-refractivity contribution in [2.45, 2.75) is 111 Å². The maximum Gasteiger partial charge on any atom is 0.119 e. The van der Waals surface area contributed by atoms with Gasteiger partial charge in [-0.3, -0.25) is 0 Å². The number of hydrogen-bond acceptors (Lipinski definition) is 2. The van der Waals surface area contributed by atoms with Crippen LogP contribution in [0, 0.1) is 11.8 Å². The zero-order valence-electron chi connectivity index (χ0n) is 23.2. The summed E-state index contributed by atoms with van der Waals surface area (Å²) in [7, 11) is 0. The van der Waals surface area contributed by atoms with Crippen LogP contribution < -0.4 is 9.47 Å². The van der Waals surface area contributed by atoms with E-state index in [-0.39, 0.29) is 0 Å². The summed E-state index contributed by atoms with van der Waals surface area (Å²) in [5, 5.41) is 0. The van der Waals surface area contributed by atoms with E-state index in [4.69, 9.17) is 9.47 Å². The Morgan fingerprint density at radius 1 is 0.514 bits per heavy atom. The molecule has 0 aliphatic carbocycles. The lowest BCUT2D eigenvalue weighted by atomic mass is 9.98. The van der Waals surface area contributed by atoms with Crippen molar-refractivity contribution in [3.05, 3.63) is 48.5 Å². The van der Waals surface area contributed by atoms with Crippen molar-refractivity contribution in [2.24, 2.45) is 11.8 Å². The van der Waals surface area contributed by atoms with E-state index in [1.54, 1.807) is 0 Å². The Morgan fingerprint density at radius 2 is 1.00 bits per heavy atom. The first kappa shape index (κ1) is 29.3. The van der Waals surface area contributed by atoms with Gasteiger partial charge in [-0.1, -0.05) is 123 Å². The average Bonchev–Trinajstić information content (AvgIpc) is 2.86. The molecule has 0 spiro atoms. The van der Waals surface area contributed by atoms with Gasteiger partial charge in [0.15, 0.2) is 0 Å². The minimum Gasteiger partial charge on any atom is -0.494 e. The molecule has 0 N–H and O–H groups in total. The van der Waals surface area contributed by atoms with Gasteiger partial charge in [0.05, 0.1) is 13.2 Å². The third-order valence-corrected chi connectivity index (χ3v) is 6.92. The molecule has 0 aliphatic heterocycles. The highest BCUT2D eigenvalue weighted by molar-refractivity contribution is 5.64. The Kier molecular flexibility index (Phi) is 15.3. The summed E-state index contributed by atoms with van der Waals surface area (Å²) in [5.74, 6) is 3.47. The highest BCUT2D eigenvalue weighted by atomic mass is 16.5. The first-order valence-corrected chi connectivity index (χ1v) is 14.5. The molecule has 0 saturated heterocycles. The van der Waals surface area contributed by atoms with Gasteiger partial charge >= 0.3 is 0 Å². The molecule has 0 aromatic heterocycles. The number of benzene rings is 2. The molecule has 0 radical (unpaired) electrons. The van der Waals surface area contributed by atoms with Gasteiger partial charge in [-0.25, -0.2) is 0 Å². The third-order valence-electron chi connectivity index (χ3n) is 6.92. The predicted molar refractivity (Wildman–Crippen MR) is 153 cm³/mol. The van der Waals surface area contributed by atoms with Gasteiger partial charge in [-0.05, 0) is 60.1 Å². The molecular formula is C33H52O2. The molecule has 0 saturated carbocycles. The van der Waals surface area contributed by atoms with Crippen LogP contribution >= 0.6 is 0 Å². The standard InChI is InChI=1S/C33H52O2/c1-5-6-7-8-9-10-11-12-13-26-34-32-21-17-30(18-22-32)31-19-23-33(24-20-31)35-27-25-29(4)16-14-15-28(2)3/h17-24,28-29H,5-16,25-27H2,1-4H3. The summed E-state index contributed by atoms with van der Waals surface area (Å²) in [6, 6.07) is 17.0. The topological polar surface area (TPSA) is 18.5 Å². The minimum absolute atomic E-state index is 0.731. The van der Waals surface area contributed by atoms with Crippen LogP contribution in [0.3, 0.4) is 0 Å². The van der Waals surface area contributed by atoms with Crippen LogP contribution in [0.4, 0.5) is 0 Å². The summed E-state index contributed by atoms with van der Waals surface area (Å²) in [6.07, 6.45) is 17.2. The number of ether oxygens (including phenoxy) is 2. The molecule has 2 rings (SSSR count). The van der Waals surface area contributed by atoms with Crippen molar-refractivity contribution in [2.75, 3.05) is 13.2 Å². The first-order chi connectivity index (χ1) is 17.1. The normalized spacial score (nSPS) is 12.1. The second-order valence-corrected chi connectivity index (χ2v) is 10.8. The van der Waals surface area contributed by atoms with E-state index in [2.05, 4.69) is 76.2 Å².